The van der Waals surface area contributed by atoms with Gasteiger partial charge in [0.2, 0.25) is 0 Å². The van der Waals surface area contributed by atoms with E-state index in [9.17, 15) is 0 Å². The predicted molar refractivity (Wildman–Crippen MR) is 81.6 cm³/mol. The lowest BCUT2D eigenvalue weighted by Gasteiger charge is -2.17. The molecule has 0 radical (unpaired) electrons. The van der Waals surface area contributed by atoms with E-state index in [4.69, 9.17) is 5.84 Å². The maximum Gasteiger partial charge on any atom is 0.0634 e. The van der Waals surface area contributed by atoms with E-state index >= 15 is 0 Å². The van der Waals surface area contributed by atoms with Crippen LogP contribution in [0.4, 0.5) is 0 Å². The number of nitrogens with two attached hydrogens (primary N) is 1. The fraction of sp³-hybridized carbons (Fsp3) is 0.688. The number of hydrogen-bond donors (Lipinski definition) is 2. The van der Waals surface area contributed by atoms with Crippen LogP contribution in [0.5, 0.6) is 0 Å². The minimum atomic E-state index is 0.192. The molecule has 19 heavy (non-hydrogen) atoms. The predicted octanol–water partition coefficient (Wildman–Crippen LogP) is 4.04. The molecule has 0 saturated heterocycles. The summed E-state index contributed by atoms with van der Waals surface area (Å²) in [6, 6.07) is 4.26. The molecular formula is C16H29N3. The third-order valence-electron chi connectivity index (χ3n) is 3.68. The molecule has 108 valence electrons. The molecule has 0 aliphatic heterocycles. The first-order chi connectivity index (χ1) is 9.29. The number of unbranched alkanes of at least 4 members (excludes halogenated alkanes) is 6. The van der Waals surface area contributed by atoms with Crippen molar-refractivity contribution in [1.29, 1.82) is 0 Å². The highest BCUT2D eigenvalue weighted by molar-refractivity contribution is 5.20. The van der Waals surface area contributed by atoms with Crippen LogP contribution in [0.1, 0.15) is 75.6 Å². The number of aryl methyl sites for hydroxylation is 1. The van der Waals surface area contributed by atoms with Gasteiger partial charge in [0.15, 0.2) is 0 Å². The summed E-state index contributed by atoms with van der Waals surface area (Å²) in [7, 11) is 0. The van der Waals surface area contributed by atoms with Gasteiger partial charge < -0.3 is 0 Å². The molecule has 1 heterocycles. The zero-order chi connectivity index (χ0) is 13.9. The van der Waals surface area contributed by atoms with Crippen LogP contribution in [0, 0.1) is 6.92 Å². The Morgan fingerprint density at radius 1 is 1.16 bits per heavy atom. The van der Waals surface area contributed by atoms with Crippen LogP contribution in [0.25, 0.3) is 0 Å². The quantitative estimate of drug-likeness (QED) is 0.380. The first-order valence-corrected chi connectivity index (χ1v) is 7.67. The van der Waals surface area contributed by atoms with E-state index in [0.29, 0.717) is 0 Å². The SMILES string of the molecule is CCCCCCCCCC(NN)c1ncccc1C. The molecule has 3 heteroatoms. The lowest BCUT2D eigenvalue weighted by molar-refractivity contribution is 0.466. The molecule has 0 saturated carbocycles. The normalized spacial score (nSPS) is 12.6. The first kappa shape index (κ1) is 16.1. The Labute approximate surface area is 118 Å². The number of pyridine rings is 1. The Bertz CT molecular complexity index is 339. The molecule has 0 spiro atoms. The number of rotatable bonds is 10. The summed E-state index contributed by atoms with van der Waals surface area (Å²) in [5.41, 5.74) is 5.22. The fourth-order valence-corrected chi connectivity index (χ4v) is 2.47. The summed E-state index contributed by atoms with van der Waals surface area (Å²) in [6.07, 6.45) is 12.2. The molecule has 1 atom stereocenters. The smallest absolute Gasteiger partial charge is 0.0634 e. The van der Waals surface area contributed by atoms with Crippen molar-refractivity contribution in [1.82, 2.24) is 10.4 Å². The highest BCUT2D eigenvalue weighted by atomic mass is 15.2. The molecule has 1 aromatic rings. The number of hydrazine groups is 1. The standard InChI is InChI=1S/C16H29N3/c1-3-4-5-6-7-8-9-12-15(19-17)16-14(2)11-10-13-18-16/h10-11,13,15,19H,3-9,12,17H2,1-2H3. The highest BCUT2D eigenvalue weighted by Gasteiger charge is 2.12. The molecule has 1 unspecified atom stereocenters. The van der Waals surface area contributed by atoms with E-state index < -0.39 is 0 Å². The first-order valence-electron chi connectivity index (χ1n) is 7.67. The van der Waals surface area contributed by atoms with Crippen LogP contribution in [0.15, 0.2) is 18.3 Å². The van der Waals surface area contributed by atoms with E-state index in [-0.39, 0.29) is 6.04 Å². The average Bonchev–Trinajstić information content (AvgIpc) is 2.43. The summed E-state index contributed by atoms with van der Waals surface area (Å²) in [5.74, 6) is 5.66. The Morgan fingerprint density at radius 2 is 1.84 bits per heavy atom. The molecule has 0 amide bonds. The van der Waals surface area contributed by atoms with Crippen molar-refractivity contribution in [3.05, 3.63) is 29.6 Å². The largest absolute Gasteiger partial charge is 0.271 e. The van der Waals surface area contributed by atoms with Gasteiger partial charge in [0, 0.05) is 6.20 Å². The van der Waals surface area contributed by atoms with E-state index in [2.05, 4.69) is 30.3 Å². The van der Waals surface area contributed by atoms with Gasteiger partial charge in [0.05, 0.1) is 11.7 Å². The Morgan fingerprint density at radius 3 is 2.47 bits per heavy atom. The number of nitrogens with one attached hydrogen (secondary N) is 1. The maximum absolute atomic E-state index is 5.66. The van der Waals surface area contributed by atoms with Crippen molar-refractivity contribution in [2.75, 3.05) is 0 Å². The molecule has 0 fully saturated rings. The van der Waals surface area contributed by atoms with Gasteiger partial charge in [-0.15, -0.1) is 0 Å². The van der Waals surface area contributed by atoms with Crippen LogP contribution < -0.4 is 11.3 Å². The average molecular weight is 263 g/mol. The molecule has 0 aromatic carbocycles. The van der Waals surface area contributed by atoms with Crippen LogP contribution in [0.2, 0.25) is 0 Å². The Balaban J connectivity index is 2.24. The summed E-state index contributed by atoms with van der Waals surface area (Å²) < 4.78 is 0. The minimum Gasteiger partial charge on any atom is -0.271 e. The van der Waals surface area contributed by atoms with Crippen molar-refractivity contribution in [3.8, 4) is 0 Å². The van der Waals surface area contributed by atoms with E-state index in [0.717, 1.165) is 12.1 Å². The summed E-state index contributed by atoms with van der Waals surface area (Å²) in [6.45, 7) is 4.35. The summed E-state index contributed by atoms with van der Waals surface area (Å²) in [4.78, 5) is 4.45. The zero-order valence-electron chi connectivity index (χ0n) is 12.5. The summed E-state index contributed by atoms with van der Waals surface area (Å²) in [5, 5.41) is 0. The molecule has 1 aromatic heterocycles. The molecule has 3 N–H and O–H groups in total. The van der Waals surface area contributed by atoms with Crippen LogP contribution in [0.3, 0.4) is 0 Å². The van der Waals surface area contributed by atoms with Gasteiger partial charge in [0.1, 0.15) is 0 Å². The number of hydrogen-bond acceptors (Lipinski definition) is 3. The van der Waals surface area contributed by atoms with Gasteiger partial charge in [-0.25, -0.2) is 0 Å². The van der Waals surface area contributed by atoms with Gasteiger partial charge in [-0.3, -0.25) is 16.3 Å². The third-order valence-corrected chi connectivity index (χ3v) is 3.68. The van der Waals surface area contributed by atoms with E-state index in [1.165, 1.54) is 50.5 Å². The lowest BCUT2D eigenvalue weighted by atomic mass is 10.0. The monoisotopic (exact) mass is 263 g/mol. The molecular weight excluding hydrogens is 234 g/mol. The van der Waals surface area contributed by atoms with Crippen molar-refractivity contribution >= 4 is 0 Å². The third kappa shape index (κ3) is 6.17. The minimum absolute atomic E-state index is 0.192. The second-order valence-corrected chi connectivity index (χ2v) is 5.33. The maximum atomic E-state index is 5.66. The van der Waals surface area contributed by atoms with Gasteiger partial charge in [0.25, 0.3) is 0 Å². The van der Waals surface area contributed by atoms with Crippen LogP contribution in [-0.4, -0.2) is 4.98 Å². The Kier molecular flexibility index (Phi) is 8.43. The molecule has 0 aliphatic carbocycles. The van der Waals surface area contributed by atoms with Crippen molar-refractivity contribution in [3.63, 3.8) is 0 Å². The Hall–Kier alpha value is -0.930. The van der Waals surface area contributed by atoms with Crippen molar-refractivity contribution < 1.29 is 0 Å². The molecule has 0 bridgehead atoms. The van der Waals surface area contributed by atoms with Gasteiger partial charge in [-0.2, -0.15) is 0 Å². The van der Waals surface area contributed by atoms with E-state index in [1.807, 2.05) is 12.3 Å². The van der Waals surface area contributed by atoms with Gasteiger partial charge >= 0.3 is 0 Å². The second kappa shape index (κ2) is 9.93. The zero-order valence-corrected chi connectivity index (χ0v) is 12.5. The number of nitrogens with zero attached hydrogens (tertiary/aromatic N) is 1. The highest BCUT2D eigenvalue weighted by Crippen LogP contribution is 2.20. The van der Waals surface area contributed by atoms with E-state index in [1.54, 1.807) is 0 Å². The van der Waals surface area contributed by atoms with Gasteiger partial charge in [-0.1, -0.05) is 57.9 Å². The molecule has 3 nitrogen and oxygen atoms in total. The second-order valence-electron chi connectivity index (χ2n) is 5.33. The molecule has 0 aliphatic rings. The fourth-order valence-electron chi connectivity index (χ4n) is 2.47. The number of aromatic nitrogens is 1. The lowest BCUT2D eigenvalue weighted by Crippen LogP contribution is -2.29. The van der Waals surface area contributed by atoms with Crippen molar-refractivity contribution in [2.24, 2.45) is 5.84 Å². The van der Waals surface area contributed by atoms with Crippen molar-refractivity contribution in [2.45, 2.75) is 71.3 Å². The topological polar surface area (TPSA) is 50.9 Å². The molecule has 1 rings (SSSR count). The van der Waals surface area contributed by atoms with Crippen LogP contribution >= 0.6 is 0 Å². The van der Waals surface area contributed by atoms with Crippen LogP contribution in [-0.2, 0) is 0 Å². The van der Waals surface area contributed by atoms with Gasteiger partial charge in [-0.05, 0) is 25.0 Å². The summed E-state index contributed by atoms with van der Waals surface area (Å²) >= 11 is 0.